The Kier molecular flexibility index (Phi) is 3.46. The summed E-state index contributed by atoms with van der Waals surface area (Å²) in [6.45, 7) is 5.12. The predicted octanol–water partition coefficient (Wildman–Crippen LogP) is 3.05. The Balaban J connectivity index is 2.93. The van der Waals surface area contributed by atoms with Gasteiger partial charge in [-0.1, -0.05) is 23.7 Å². The topological polar surface area (TPSA) is 34.1 Å². The van der Waals surface area contributed by atoms with Crippen LogP contribution in [-0.4, -0.2) is 13.2 Å². The molecule has 2 nitrogen and oxygen atoms in total. The van der Waals surface area contributed by atoms with Gasteiger partial charge in [0.25, 0.3) is 0 Å². The van der Waals surface area contributed by atoms with E-state index in [4.69, 9.17) is 11.6 Å². The van der Waals surface area contributed by atoms with Crippen molar-refractivity contribution in [3.05, 3.63) is 34.9 Å². The molecular weight excluding hydrogens is 232 g/mol. The van der Waals surface area contributed by atoms with E-state index in [0.29, 0.717) is 5.02 Å². The zero-order valence-corrected chi connectivity index (χ0v) is 10.7. The lowest BCUT2D eigenvalue weighted by Crippen LogP contribution is -2.29. The van der Waals surface area contributed by atoms with Crippen LogP contribution in [0.4, 0.5) is 0 Å². The molecule has 0 amide bonds. The van der Waals surface area contributed by atoms with Gasteiger partial charge in [0.1, 0.15) is 0 Å². The number of rotatable bonds is 2. The summed E-state index contributed by atoms with van der Waals surface area (Å²) in [5.41, 5.74) is 0.773. The van der Waals surface area contributed by atoms with Gasteiger partial charge in [-0.25, -0.2) is 8.42 Å². The zero-order chi connectivity index (χ0) is 11.7. The summed E-state index contributed by atoms with van der Waals surface area (Å²) in [6, 6.07) is 6.89. The lowest BCUT2D eigenvalue weighted by atomic mass is 10.2. The largest absolute Gasteiger partial charge is 0.228 e. The van der Waals surface area contributed by atoms with E-state index in [-0.39, 0.29) is 5.75 Å². The summed E-state index contributed by atoms with van der Waals surface area (Å²) < 4.78 is 23.0. The van der Waals surface area contributed by atoms with Gasteiger partial charge < -0.3 is 0 Å². The standard InChI is InChI=1S/C11H15ClO2S/c1-11(2,3)15(13,14)8-9-4-6-10(12)7-5-9/h4-7H,8H2,1-3H3. The van der Waals surface area contributed by atoms with E-state index < -0.39 is 14.6 Å². The van der Waals surface area contributed by atoms with Crippen molar-refractivity contribution in [3.63, 3.8) is 0 Å². The number of halogens is 1. The highest BCUT2D eigenvalue weighted by Crippen LogP contribution is 2.21. The third kappa shape index (κ3) is 3.21. The van der Waals surface area contributed by atoms with Crippen LogP contribution in [0.5, 0.6) is 0 Å². The first kappa shape index (κ1) is 12.5. The number of hydrogen-bond donors (Lipinski definition) is 0. The van der Waals surface area contributed by atoms with Crippen LogP contribution in [0.1, 0.15) is 26.3 Å². The van der Waals surface area contributed by atoms with E-state index >= 15 is 0 Å². The molecule has 1 aromatic carbocycles. The van der Waals surface area contributed by atoms with Gasteiger partial charge in [0, 0.05) is 5.02 Å². The molecule has 0 aliphatic rings. The predicted molar refractivity (Wildman–Crippen MR) is 63.8 cm³/mol. The van der Waals surface area contributed by atoms with Crippen molar-refractivity contribution in [2.24, 2.45) is 0 Å². The average Bonchev–Trinajstić information content (AvgIpc) is 2.06. The van der Waals surface area contributed by atoms with Crippen molar-refractivity contribution in [1.82, 2.24) is 0 Å². The molecule has 84 valence electrons. The fourth-order valence-electron chi connectivity index (χ4n) is 1.02. The van der Waals surface area contributed by atoms with Gasteiger partial charge in [-0.3, -0.25) is 0 Å². The van der Waals surface area contributed by atoms with Gasteiger partial charge in [-0.15, -0.1) is 0 Å². The normalized spacial score (nSPS) is 12.8. The molecule has 0 atom stereocenters. The molecule has 0 aliphatic heterocycles. The molecule has 15 heavy (non-hydrogen) atoms. The van der Waals surface area contributed by atoms with Gasteiger partial charge in [-0.05, 0) is 38.5 Å². The first-order valence-corrected chi connectivity index (χ1v) is 6.72. The molecule has 1 aromatic rings. The van der Waals surface area contributed by atoms with Crippen LogP contribution in [-0.2, 0) is 15.6 Å². The first-order chi connectivity index (χ1) is 6.72. The van der Waals surface area contributed by atoms with Crippen molar-refractivity contribution >= 4 is 21.4 Å². The molecule has 0 aromatic heterocycles. The van der Waals surface area contributed by atoms with Crippen LogP contribution in [0.3, 0.4) is 0 Å². The lowest BCUT2D eigenvalue weighted by molar-refractivity contribution is 0.559. The highest BCUT2D eigenvalue weighted by molar-refractivity contribution is 7.91. The lowest BCUT2D eigenvalue weighted by Gasteiger charge is -2.19. The van der Waals surface area contributed by atoms with E-state index in [0.717, 1.165) is 5.56 Å². The second kappa shape index (κ2) is 4.14. The third-order valence-corrected chi connectivity index (χ3v) is 5.03. The Labute approximate surface area is 96.2 Å². The summed E-state index contributed by atoms with van der Waals surface area (Å²) in [6.07, 6.45) is 0. The summed E-state index contributed by atoms with van der Waals surface area (Å²) in [5.74, 6) is 0.0632. The number of sulfone groups is 1. The first-order valence-electron chi connectivity index (χ1n) is 4.69. The molecule has 0 unspecified atom stereocenters. The Morgan fingerprint density at radius 1 is 1.13 bits per heavy atom. The smallest absolute Gasteiger partial charge is 0.159 e. The molecule has 0 saturated heterocycles. The van der Waals surface area contributed by atoms with E-state index in [9.17, 15) is 8.42 Å². The van der Waals surface area contributed by atoms with Crippen LogP contribution in [0.15, 0.2) is 24.3 Å². The Hall–Kier alpha value is -0.540. The fraction of sp³-hybridized carbons (Fsp3) is 0.455. The SMILES string of the molecule is CC(C)(C)S(=O)(=O)Cc1ccc(Cl)cc1. The second-order valence-corrected chi connectivity index (χ2v) is 7.68. The second-order valence-electron chi connectivity index (χ2n) is 4.50. The average molecular weight is 247 g/mol. The molecule has 0 heterocycles. The molecule has 0 fully saturated rings. The van der Waals surface area contributed by atoms with Crippen molar-refractivity contribution in [2.45, 2.75) is 31.3 Å². The summed E-state index contributed by atoms with van der Waals surface area (Å²) in [5, 5.41) is 0.618. The molecule has 0 radical (unpaired) electrons. The summed E-state index contributed by atoms with van der Waals surface area (Å²) >= 11 is 5.72. The van der Waals surface area contributed by atoms with Gasteiger partial charge in [0.15, 0.2) is 9.84 Å². The van der Waals surface area contributed by atoms with E-state index in [2.05, 4.69) is 0 Å². The highest BCUT2D eigenvalue weighted by atomic mass is 35.5. The maximum Gasteiger partial charge on any atom is 0.159 e. The van der Waals surface area contributed by atoms with Crippen LogP contribution in [0.25, 0.3) is 0 Å². The minimum absolute atomic E-state index is 0.0632. The quantitative estimate of drug-likeness (QED) is 0.804. The highest BCUT2D eigenvalue weighted by Gasteiger charge is 2.28. The Morgan fingerprint density at radius 3 is 2.00 bits per heavy atom. The van der Waals surface area contributed by atoms with Crippen molar-refractivity contribution in [3.8, 4) is 0 Å². The molecule has 0 aliphatic carbocycles. The number of hydrogen-bond acceptors (Lipinski definition) is 2. The Bertz CT molecular complexity index is 427. The molecule has 1 rings (SSSR count). The molecule has 4 heteroatoms. The van der Waals surface area contributed by atoms with Gasteiger partial charge in [0.2, 0.25) is 0 Å². The molecule has 0 N–H and O–H groups in total. The molecule has 0 saturated carbocycles. The summed E-state index contributed by atoms with van der Waals surface area (Å²) in [7, 11) is -3.11. The van der Waals surface area contributed by atoms with Crippen LogP contribution < -0.4 is 0 Å². The van der Waals surface area contributed by atoms with E-state index in [1.54, 1.807) is 45.0 Å². The van der Waals surface area contributed by atoms with Gasteiger partial charge in [0.05, 0.1) is 10.5 Å². The van der Waals surface area contributed by atoms with Crippen LogP contribution >= 0.6 is 11.6 Å². The minimum Gasteiger partial charge on any atom is -0.228 e. The Morgan fingerprint density at radius 2 is 1.60 bits per heavy atom. The van der Waals surface area contributed by atoms with Crippen molar-refractivity contribution < 1.29 is 8.42 Å². The van der Waals surface area contributed by atoms with Crippen molar-refractivity contribution in [2.75, 3.05) is 0 Å². The maximum absolute atomic E-state index is 11.9. The molecular formula is C11H15ClO2S. The van der Waals surface area contributed by atoms with E-state index in [1.165, 1.54) is 0 Å². The number of benzene rings is 1. The van der Waals surface area contributed by atoms with Gasteiger partial charge in [-0.2, -0.15) is 0 Å². The van der Waals surface area contributed by atoms with Gasteiger partial charge >= 0.3 is 0 Å². The fourth-order valence-corrected chi connectivity index (χ4v) is 2.21. The van der Waals surface area contributed by atoms with Crippen LogP contribution in [0.2, 0.25) is 5.02 Å². The molecule has 0 bridgehead atoms. The summed E-state index contributed by atoms with van der Waals surface area (Å²) in [4.78, 5) is 0. The maximum atomic E-state index is 11.9. The van der Waals surface area contributed by atoms with Crippen LogP contribution in [0, 0.1) is 0 Å². The monoisotopic (exact) mass is 246 g/mol. The third-order valence-electron chi connectivity index (χ3n) is 2.20. The van der Waals surface area contributed by atoms with E-state index in [1.807, 2.05) is 0 Å². The minimum atomic E-state index is -3.11. The zero-order valence-electron chi connectivity index (χ0n) is 9.12. The van der Waals surface area contributed by atoms with Crippen molar-refractivity contribution in [1.29, 1.82) is 0 Å². The molecule has 0 spiro atoms.